The van der Waals surface area contributed by atoms with Gasteiger partial charge in [0.15, 0.2) is 11.5 Å². The molecule has 1 amide bonds. The Balaban J connectivity index is 0.000000233. The number of aromatic nitrogens is 2. The van der Waals surface area contributed by atoms with E-state index in [0.29, 0.717) is 33.5 Å². The van der Waals surface area contributed by atoms with E-state index >= 15 is 0 Å². The van der Waals surface area contributed by atoms with Crippen LogP contribution in [0.3, 0.4) is 0 Å². The van der Waals surface area contributed by atoms with Crippen LogP contribution >= 0.6 is 11.6 Å². The molecule has 3 aliphatic rings. The fourth-order valence-electron chi connectivity index (χ4n) is 5.60. The maximum atomic E-state index is 12.4. The molecular weight excluding hydrogens is 474 g/mol. The van der Waals surface area contributed by atoms with Gasteiger partial charge in [-0.3, -0.25) is 4.79 Å². The molecule has 1 atom stereocenters. The summed E-state index contributed by atoms with van der Waals surface area (Å²) in [7, 11) is 1.55. The summed E-state index contributed by atoms with van der Waals surface area (Å²) in [4.78, 5) is 14.7. The molecule has 0 bridgehead atoms. The van der Waals surface area contributed by atoms with Gasteiger partial charge < -0.3 is 15.0 Å². The number of methoxy groups -OCH3 is 1. The summed E-state index contributed by atoms with van der Waals surface area (Å²) in [6.45, 7) is 4.48. The van der Waals surface area contributed by atoms with E-state index in [1.165, 1.54) is 44.9 Å². The molecule has 1 spiro atoms. The Hall–Kier alpha value is -2.85. The van der Waals surface area contributed by atoms with Crippen LogP contribution in [0.1, 0.15) is 80.8 Å². The number of rotatable bonds is 5. The number of carbonyl (C=O) groups is 1. The van der Waals surface area contributed by atoms with Crippen molar-refractivity contribution in [3.63, 3.8) is 0 Å². The Kier molecular flexibility index (Phi) is 8.68. The predicted molar refractivity (Wildman–Crippen MR) is 141 cm³/mol. The molecule has 2 heterocycles. The first-order chi connectivity index (χ1) is 17.5. The third-order valence-electron chi connectivity index (χ3n) is 7.95. The summed E-state index contributed by atoms with van der Waals surface area (Å²) in [5.41, 5.74) is 1.44. The number of nitrogens with one attached hydrogen (secondary N) is 1. The summed E-state index contributed by atoms with van der Waals surface area (Å²) >= 11 is 5.71. The first kappa shape index (κ1) is 26.2. The van der Waals surface area contributed by atoms with E-state index in [4.69, 9.17) is 21.6 Å². The van der Waals surface area contributed by atoms with E-state index in [0.717, 1.165) is 37.7 Å². The number of amides is 1. The van der Waals surface area contributed by atoms with Gasteiger partial charge in [-0.2, -0.15) is 5.26 Å². The smallest absolute Gasteiger partial charge is 0.272 e. The molecule has 2 aromatic rings. The first-order valence-electron chi connectivity index (χ1n) is 13.1. The third-order valence-corrected chi connectivity index (χ3v) is 8.26. The van der Waals surface area contributed by atoms with Gasteiger partial charge in [-0.25, -0.2) is 0 Å². The van der Waals surface area contributed by atoms with E-state index in [9.17, 15) is 4.79 Å². The molecular formula is C28H36ClN5O2. The first-order valence-corrected chi connectivity index (χ1v) is 13.5. The average molecular weight is 510 g/mol. The van der Waals surface area contributed by atoms with Crippen molar-refractivity contribution < 1.29 is 9.53 Å². The van der Waals surface area contributed by atoms with Crippen LogP contribution in [-0.2, 0) is 0 Å². The van der Waals surface area contributed by atoms with Crippen LogP contribution in [0, 0.1) is 22.7 Å². The van der Waals surface area contributed by atoms with Crippen LogP contribution in [-0.4, -0.2) is 42.3 Å². The zero-order chi connectivity index (χ0) is 25.5. The lowest BCUT2D eigenvalue weighted by Crippen LogP contribution is -2.42. The van der Waals surface area contributed by atoms with Crippen molar-refractivity contribution in [1.29, 1.82) is 5.26 Å². The fraction of sp³-hybridized carbons (Fsp3) is 0.571. The molecule has 1 unspecified atom stereocenters. The minimum atomic E-state index is -0.0747. The lowest BCUT2D eigenvalue weighted by atomic mass is 9.81. The summed E-state index contributed by atoms with van der Waals surface area (Å²) in [5.74, 6) is 2.38. The highest BCUT2D eigenvalue weighted by atomic mass is 35.5. The average Bonchev–Trinajstić information content (AvgIpc) is 3.68. The highest BCUT2D eigenvalue weighted by Gasteiger charge is 2.51. The maximum Gasteiger partial charge on any atom is 0.272 e. The Labute approximate surface area is 219 Å². The third kappa shape index (κ3) is 6.28. The Morgan fingerprint density at radius 2 is 1.97 bits per heavy atom. The number of anilines is 1. The van der Waals surface area contributed by atoms with Crippen LogP contribution in [0.25, 0.3) is 0 Å². The number of hydrogen-bond donors (Lipinski definition) is 1. The zero-order valence-corrected chi connectivity index (χ0v) is 22.1. The van der Waals surface area contributed by atoms with Crippen molar-refractivity contribution >= 4 is 23.3 Å². The summed E-state index contributed by atoms with van der Waals surface area (Å²) in [6, 6.07) is 11.0. The van der Waals surface area contributed by atoms with Crippen LogP contribution in [0.2, 0.25) is 5.02 Å². The number of nitrogens with zero attached hydrogens (tertiary/aromatic N) is 4. The molecule has 1 aliphatic heterocycles. The van der Waals surface area contributed by atoms with Gasteiger partial charge in [0.1, 0.15) is 11.8 Å². The molecule has 8 heteroatoms. The molecule has 36 heavy (non-hydrogen) atoms. The van der Waals surface area contributed by atoms with E-state index in [1.807, 2.05) is 18.2 Å². The van der Waals surface area contributed by atoms with Crippen LogP contribution in [0.5, 0.6) is 5.75 Å². The standard InChI is InChI=1S/C20H30N4O.C8H6ClNO/c1-2-15-10-13-24(14-20(15)11-12-20)18-9-8-17(22-23-18)19(25)21-16-6-4-3-5-7-16;1-11-7-3-2-6(5-10)8(9)4-7/h8-9,15-16H,2-7,10-14H2,1H3,(H,21,25);2-4H,1H3. The van der Waals surface area contributed by atoms with Gasteiger partial charge in [0.25, 0.3) is 5.91 Å². The minimum absolute atomic E-state index is 0.0747. The lowest BCUT2D eigenvalue weighted by molar-refractivity contribution is 0.0921. The second-order valence-corrected chi connectivity index (χ2v) is 10.6. The molecule has 7 nitrogen and oxygen atoms in total. The highest BCUT2D eigenvalue weighted by molar-refractivity contribution is 6.31. The van der Waals surface area contributed by atoms with E-state index in [2.05, 4.69) is 27.3 Å². The fourth-order valence-corrected chi connectivity index (χ4v) is 5.81. The van der Waals surface area contributed by atoms with Gasteiger partial charge in [-0.15, -0.1) is 10.2 Å². The highest BCUT2D eigenvalue weighted by Crippen LogP contribution is 2.57. The van der Waals surface area contributed by atoms with Crippen LogP contribution in [0.4, 0.5) is 5.82 Å². The van der Waals surface area contributed by atoms with Crippen molar-refractivity contribution in [2.75, 3.05) is 25.1 Å². The summed E-state index contributed by atoms with van der Waals surface area (Å²) < 4.78 is 4.90. The van der Waals surface area contributed by atoms with Crippen LogP contribution < -0.4 is 15.0 Å². The van der Waals surface area contributed by atoms with E-state index < -0.39 is 0 Å². The Morgan fingerprint density at radius 1 is 1.19 bits per heavy atom. The second kappa shape index (κ2) is 11.9. The molecule has 1 aromatic heterocycles. The van der Waals surface area contributed by atoms with Crippen molar-refractivity contribution in [3.05, 3.63) is 46.6 Å². The number of piperidine rings is 1. The van der Waals surface area contributed by atoms with Gasteiger partial charge in [0.05, 0.1) is 17.7 Å². The van der Waals surface area contributed by atoms with Crippen LogP contribution in [0.15, 0.2) is 30.3 Å². The van der Waals surface area contributed by atoms with Crippen molar-refractivity contribution in [1.82, 2.24) is 15.5 Å². The summed E-state index contributed by atoms with van der Waals surface area (Å²) in [5, 5.41) is 20.6. The molecule has 3 fully saturated rings. The number of benzene rings is 1. The van der Waals surface area contributed by atoms with Crippen molar-refractivity contribution in [2.24, 2.45) is 11.3 Å². The molecule has 1 aromatic carbocycles. The number of carbonyl (C=O) groups excluding carboxylic acids is 1. The lowest BCUT2D eigenvalue weighted by Gasteiger charge is -2.39. The number of nitriles is 1. The van der Waals surface area contributed by atoms with E-state index in [-0.39, 0.29) is 5.91 Å². The largest absolute Gasteiger partial charge is 0.497 e. The number of ether oxygens (including phenoxy) is 1. The minimum Gasteiger partial charge on any atom is -0.497 e. The van der Waals surface area contributed by atoms with Gasteiger partial charge in [-0.1, -0.05) is 44.2 Å². The number of halogens is 1. The molecule has 2 aliphatic carbocycles. The summed E-state index contributed by atoms with van der Waals surface area (Å²) in [6.07, 6.45) is 11.2. The van der Waals surface area contributed by atoms with E-state index in [1.54, 1.807) is 25.3 Å². The SMILES string of the molecule is CCC1CCN(c2ccc(C(=O)NC3CCCCC3)nn2)CC12CC2.COc1ccc(C#N)c(Cl)c1. The normalized spacial score (nSPS) is 20.6. The zero-order valence-electron chi connectivity index (χ0n) is 21.3. The quantitative estimate of drug-likeness (QED) is 0.549. The maximum absolute atomic E-state index is 12.4. The molecule has 0 radical (unpaired) electrons. The molecule has 192 valence electrons. The Morgan fingerprint density at radius 3 is 2.56 bits per heavy atom. The van der Waals surface area contributed by atoms with Gasteiger partial charge in [0.2, 0.25) is 0 Å². The van der Waals surface area contributed by atoms with Crippen molar-refractivity contribution in [3.8, 4) is 11.8 Å². The number of hydrogen-bond acceptors (Lipinski definition) is 6. The van der Waals surface area contributed by atoms with Crippen molar-refractivity contribution in [2.45, 2.75) is 70.8 Å². The van der Waals surface area contributed by atoms with Gasteiger partial charge in [0, 0.05) is 25.2 Å². The second-order valence-electron chi connectivity index (χ2n) is 10.2. The molecule has 5 rings (SSSR count). The molecule has 1 saturated heterocycles. The van der Waals surface area contributed by atoms with Gasteiger partial charge in [-0.05, 0) is 67.7 Å². The monoisotopic (exact) mass is 509 g/mol. The topological polar surface area (TPSA) is 91.1 Å². The molecule has 2 saturated carbocycles. The predicted octanol–water partition coefficient (Wildman–Crippen LogP) is 5.78. The molecule has 1 N–H and O–H groups in total. The Bertz CT molecular complexity index is 1070. The van der Waals surface area contributed by atoms with Gasteiger partial charge >= 0.3 is 0 Å².